The second kappa shape index (κ2) is 20.4. The zero-order chi connectivity index (χ0) is 37.6. The Morgan fingerprint density at radius 1 is 0.588 bits per heavy atom. The first-order valence-corrected chi connectivity index (χ1v) is 20.7. The van der Waals surface area contributed by atoms with Crippen LogP contribution in [0.15, 0.2) is 58.3 Å². The molecule has 1 heterocycles. The van der Waals surface area contributed by atoms with E-state index in [1.165, 1.54) is 34.1 Å². The normalized spacial score (nSPS) is 18.5. The summed E-state index contributed by atoms with van der Waals surface area (Å²) < 4.78 is 76.0. The molecule has 2 aromatic carbocycles. The quantitative estimate of drug-likeness (QED) is 0.332. The predicted octanol–water partition coefficient (Wildman–Crippen LogP) is 3.11. The van der Waals surface area contributed by atoms with E-state index in [1.807, 2.05) is 41.5 Å². The van der Waals surface area contributed by atoms with Crippen LogP contribution < -0.4 is 9.44 Å². The molecule has 1 fully saturated rings. The highest BCUT2D eigenvalue weighted by molar-refractivity contribution is 7.89. The molecule has 0 aliphatic carbocycles. The zero-order valence-corrected chi connectivity index (χ0v) is 32.4. The van der Waals surface area contributed by atoms with Crippen molar-refractivity contribution in [2.24, 2.45) is 11.8 Å². The highest BCUT2D eigenvalue weighted by Crippen LogP contribution is 2.19. The van der Waals surface area contributed by atoms with Gasteiger partial charge >= 0.3 is 0 Å². The molecule has 0 radical (unpaired) electrons. The number of ether oxygens (including phenoxy) is 3. The second-order valence-electron chi connectivity index (χ2n) is 13.1. The third kappa shape index (κ3) is 12.9. The van der Waals surface area contributed by atoms with E-state index in [1.54, 1.807) is 24.3 Å². The summed E-state index contributed by atoms with van der Waals surface area (Å²) in [6, 6.07) is 10.9. The van der Waals surface area contributed by atoms with E-state index in [9.17, 15) is 26.4 Å². The van der Waals surface area contributed by atoms with Crippen molar-refractivity contribution in [3.63, 3.8) is 0 Å². The molecule has 15 heteroatoms. The first-order valence-electron chi connectivity index (χ1n) is 17.7. The van der Waals surface area contributed by atoms with Crippen molar-refractivity contribution >= 4 is 31.9 Å². The van der Waals surface area contributed by atoms with Crippen LogP contribution in [0.3, 0.4) is 0 Å². The topological polar surface area (TPSA) is 161 Å². The first-order chi connectivity index (χ1) is 24.2. The van der Waals surface area contributed by atoms with Crippen molar-refractivity contribution < 1.29 is 40.6 Å². The molecule has 1 aliphatic rings. The summed E-state index contributed by atoms with van der Waals surface area (Å²) in [5.74, 6) is -1.37. The number of hydrogen-bond donors (Lipinski definition) is 2. The van der Waals surface area contributed by atoms with E-state index < -0.39 is 32.1 Å². The average Bonchev–Trinajstić information content (AvgIpc) is 3.12. The molecule has 1 aliphatic heterocycles. The minimum atomic E-state index is -3.98. The predicted molar refractivity (Wildman–Crippen MR) is 195 cm³/mol. The lowest BCUT2D eigenvalue weighted by Crippen LogP contribution is -2.53. The fourth-order valence-electron chi connectivity index (χ4n) is 5.38. The number of nitrogens with one attached hydrogen (secondary N) is 2. The fraction of sp³-hybridized carbons (Fsp3) is 0.611. The van der Waals surface area contributed by atoms with Crippen molar-refractivity contribution in [2.75, 3.05) is 65.8 Å². The summed E-state index contributed by atoms with van der Waals surface area (Å²) in [6.45, 7) is 13.1. The van der Waals surface area contributed by atoms with E-state index in [0.29, 0.717) is 12.8 Å². The van der Waals surface area contributed by atoms with Gasteiger partial charge in [0.05, 0.1) is 49.4 Å². The van der Waals surface area contributed by atoms with Gasteiger partial charge in [0.25, 0.3) is 0 Å². The Morgan fingerprint density at radius 3 is 1.18 bits per heavy atom. The zero-order valence-electron chi connectivity index (χ0n) is 30.8. The van der Waals surface area contributed by atoms with Crippen molar-refractivity contribution in [1.82, 2.24) is 19.2 Å². The third-order valence-electron chi connectivity index (χ3n) is 9.20. The number of carbonyl (C=O) groups is 2. The molecule has 0 spiro atoms. The Labute approximate surface area is 304 Å². The monoisotopic (exact) mass is 752 g/mol. The number of carbonyl (C=O) groups excluding carboxylic acids is 2. The van der Waals surface area contributed by atoms with Crippen molar-refractivity contribution in [1.29, 1.82) is 0 Å². The van der Waals surface area contributed by atoms with Crippen LogP contribution in [-0.4, -0.2) is 116 Å². The molecule has 51 heavy (non-hydrogen) atoms. The number of nitrogens with zero attached hydrogens (tertiary/aromatic N) is 2. The molecule has 2 N–H and O–H groups in total. The summed E-state index contributed by atoms with van der Waals surface area (Å²) in [5, 5.41) is 0. The van der Waals surface area contributed by atoms with E-state index in [4.69, 9.17) is 14.2 Å². The highest BCUT2D eigenvalue weighted by atomic mass is 32.2. The van der Waals surface area contributed by atoms with Gasteiger partial charge in [-0.1, -0.05) is 75.9 Å². The van der Waals surface area contributed by atoms with Crippen LogP contribution in [-0.2, 0) is 43.8 Å². The summed E-state index contributed by atoms with van der Waals surface area (Å²) in [4.78, 5) is 31.1. The van der Waals surface area contributed by atoms with Crippen LogP contribution in [0.5, 0.6) is 0 Å². The van der Waals surface area contributed by atoms with Crippen LogP contribution in [0.4, 0.5) is 0 Å². The summed E-state index contributed by atoms with van der Waals surface area (Å²) >= 11 is 0. The van der Waals surface area contributed by atoms with Crippen LogP contribution >= 0.6 is 0 Å². The Kier molecular flexibility index (Phi) is 17.0. The van der Waals surface area contributed by atoms with E-state index in [0.717, 1.165) is 11.1 Å². The van der Waals surface area contributed by atoms with Crippen LogP contribution in [0.2, 0.25) is 0 Å². The molecule has 0 saturated carbocycles. The van der Waals surface area contributed by atoms with Crippen LogP contribution in [0.1, 0.15) is 51.7 Å². The summed E-state index contributed by atoms with van der Waals surface area (Å²) in [7, 11) is -7.97. The van der Waals surface area contributed by atoms with E-state index >= 15 is 0 Å². The fourth-order valence-corrected chi connectivity index (χ4v) is 7.97. The van der Waals surface area contributed by atoms with Crippen molar-refractivity contribution in [2.45, 2.75) is 76.3 Å². The molecular weight excluding hydrogens is 697 g/mol. The Hall–Kier alpha value is -2.92. The van der Waals surface area contributed by atoms with Crippen LogP contribution in [0, 0.1) is 25.7 Å². The Balaban J connectivity index is 1.74. The molecule has 2 amide bonds. The minimum Gasteiger partial charge on any atom is -0.378 e. The molecule has 2 aromatic rings. The Morgan fingerprint density at radius 2 is 0.882 bits per heavy atom. The lowest BCUT2D eigenvalue weighted by molar-refractivity contribution is -0.136. The van der Waals surface area contributed by atoms with Gasteiger partial charge in [-0.05, 0) is 49.9 Å². The first kappa shape index (κ1) is 42.5. The lowest BCUT2D eigenvalue weighted by atomic mass is 9.99. The number of benzene rings is 2. The molecule has 0 aromatic heterocycles. The van der Waals surface area contributed by atoms with Gasteiger partial charge in [0, 0.05) is 26.2 Å². The minimum absolute atomic E-state index is 0.0792. The maximum atomic E-state index is 14.0. The number of aryl methyl sites for hydroxylation is 2. The molecule has 4 atom stereocenters. The van der Waals surface area contributed by atoms with Gasteiger partial charge in [0.1, 0.15) is 12.1 Å². The second-order valence-corrected chi connectivity index (χ2v) is 16.5. The van der Waals surface area contributed by atoms with Gasteiger partial charge in [-0.25, -0.2) is 16.8 Å². The molecule has 0 bridgehead atoms. The maximum absolute atomic E-state index is 14.0. The van der Waals surface area contributed by atoms with Gasteiger partial charge in [0.2, 0.25) is 31.9 Å². The van der Waals surface area contributed by atoms with Gasteiger partial charge < -0.3 is 24.0 Å². The molecule has 13 nitrogen and oxygen atoms in total. The summed E-state index contributed by atoms with van der Waals surface area (Å²) in [6.07, 6.45) is 1.13. The smallest absolute Gasteiger partial charge is 0.241 e. The van der Waals surface area contributed by atoms with Gasteiger partial charge in [0.15, 0.2) is 0 Å². The number of sulfonamides is 2. The largest absolute Gasteiger partial charge is 0.378 e. The van der Waals surface area contributed by atoms with Crippen LogP contribution in [0.25, 0.3) is 0 Å². The Bertz CT molecular complexity index is 1480. The van der Waals surface area contributed by atoms with Gasteiger partial charge in [-0.3, -0.25) is 9.59 Å². The molecular formula is C36H56N4O9S2. The number of rotatable bonds is 12. The average molecular weight is 753 g/mol. The van der Waals surface area contributed by atoms with Gasteiger partial charge in [-0.15, -0.1) is 0 Å². The molecule has 1 saturated heterocycles. The molecule has 286 valence electrons. The standard InChI is InChI=1S/C36H56N4O9S2/c1-7-29(5)33(37-50(43,44)31-13-9-27(3)10-14-31)35(41)39-17-21-47-22-18-40(20-24-49-26-25-48-23-19-39)36(42)34(30(6)8-2)38-51(45,46)32-15-11-28(4)12-16-32/h9-16,29-30,33-34,37-38H,7-8,17-26H2,1-6H3/t29-,30-,33-,34-/m0/s1. The maximum Gasteiger partial charge on any atom is 0.241 e. The van der Waals surface area contributed by atoms with E-state index in [2.05, 4.69) is 9.44 Å². The molecule has 3 rings (SSSR count). The van der Waals surface area contributed by atoms with Crippen molar-refractivity contribution in [3.05, 3.63) is 59.7 Å². The lowest BCUT2D eigenvalue weighted by Gasteiger charge is -2.31. The number of hydrogen-bond acceptors (Lipinski definition) is 9. The highest BCUT2D eigenvalue weighted by Gasteiger charge is 2.34. The summed E-state index contributed by atoms with van der Waals surface area (Å²) in [5.41, 5.74) is 1.84. The number of amides is 2. The SMILES string of the molecule is CC[C@H](C)[C@H](NS(=O)(=O)c1ccc(C)cc1)C(=O)N1CCOCCOCCN(C(=O)[C@@H](NS(=O)(=O)c2ccc(C)cc2)[C@@H](C)CC)CCOCC1. The molecule has 0 unspecified atom stereocenters. The third-order valence-corrected chi connectivity index (χ3v) is 12.1. The van der Waals surface area contributed by atoms with Gasteiger partial charge in [-0.2, -0.15) is 9.44 Å². The van der Waals surface area contributed by atoms with Crippen molar-refractivity contribution in [3.8, 4) is 0 Å². The van der Waals surface area contributed by atoms with E-state index in [-0.39, 0.29) is 99.3 Å².